The lowest BCUT2D eigenvalue weighted by Crippen LogP contribution is -2.23. The number of anilines is 2. The smallest absolute Gasteiger partial charge is 0.0943 e. The number of fused-ring (bicyclic) bond motifs is 3. The zero-order chi connectivity index (χ0) is 25.5. The Labute approximate surface area is 221 Å². The fraction of sp³-hybridized carbons (Fsp3) is 0.324. The Bertz CT molecular complexity index is 1440. The van der Waals surface area contributed by atoms with Crippen molar-refractivity contribution in [3.05, 3.63) is 112 Å². The van der Waals surface area contributed by atoms with Crippen molar-refractivity contribution < 1.29 is 0 Å². The Kier molecular flexibility index (Phi) is 6.24. The molecule has 2 unspecified atom stereocenters. The first-order chi connectivity index (χ1) is 18.0. The van der Waals surface area contributed by atoms with Gasteiger partial charge in [-0.1, -0.05) is 87.5 Å². The number of aromatic nitrogens is 1. The predicted octanol–water partition coefficient (Wildman–Crippen LogP) is 8.48. The van der Waals surface area contributed by atoms with E-state index in [1.54, 1.807) is 0 Å². The average molecular weight is 488 g/mol. The monoisotopic (exact) mass is 487 g/mol. The summed E-state index contributed by atoms with van der Waals surface area (Å²) in [6.45, 7) is 9.20. The normalized spacial score (nSPS) is 20.5. The molecule has 3 atom stereocenters. The molecule has 0 fully saturated rings. The fourth-order valence-electron chi connectivity index (χ4n) is 6.19. The molecule has 0 saturated carbocycles. The van der Waals surface area contributed by atoms with E-state index >= 15 is 0 Å². The highest BCUT2D eigenvalue weighted by Gasteiger charge is 2.27. The first kappa shape index (κ1) is 23.8. The molecule has 2 aliphatic rings. The molecule has 0 amide bonds. The summed E-state index contributed by atoms with van der Waals surface area (Å²) in [7, 11) is 0. The standard InChI is InChI=1S/C34H37N3/c1-21(2)26-13-8-14-27-22(3)20-25-10-5-6-12-28(25)34(37-33(26)27)31-17-9-16-30(36-31)29-15-7-11-24-19-18-23(4)35-32(24)29/h5-17,21-23,34-35,37H,18-20H2,1-4H3/t22-,23?,34?/m1/s1. The third kappa shape index (κ3) is 4.41. The van der Waals surface area contributed by atoms with E-state index in [0.29, 0.717) is 17.9 Å². The molecule has 2 N–H and O–H groups in total. The molecule has 3 aromatic carbocycles. The van der Waals surface area contributed by atoms with Gasteiger partial charge in [-0.25, -0.2) is 0 Å². The maximum Gasteiger partial charge on any atom is 0.0943 e. The Morgan fingerprint density at radius 3 is 2.38 bits per heavy atom. The van der Waals surface area contributed by atoms with Crippen LogP contribution < -0.4 is 10.6 Å². The number of benzene rings is 3. The van der Waals surface area contributed by atoms with Gasteiger partial charge in [0.25, 0.3) is 0 Å². The Morgan fingerprint density at radius 2 is 1.51 bits per heavy atom. The number of nitrogens with one attached hydrogen (secondary N) is 2. The van der Waals surface area contributed by atoms with Crippen LogP contribution in [0.5, 0.6) is 0 Å². The molecular weight excluding hydrogens is 450 g/mol. The first-order valence-electron chi connectivity index (χ1n) is 13.8. The van der Waals surface area contributed by atoms with Crippen molar-refractivity contribution in [3.63, 3.8) is 0 Å². The van der Waals surface area contributed by atoms with Crippen LogP contribution in [0.15, 0.2) is 78.9 Å². The van der Waals surface area contributed by atoms with Gasteiger partial charge in [0.15, 0.2) is 0 Å². The highest BCUT2D eigenvalue weighted by molar-refractivity contribution is 5.79. The number of hydrogen-bond donors (Lipinski definition) is 2. The molecule has 188 valence electrons. The van der Waals surface area contributed by atoms with Crippen molar-refractivity contribution in [1.29, 1.82) is 0 Å². The van der Waals surface area contributed by atoms with Crippen molar-refractivity contribution in [1.82, 2.24) is 4.98 Å². The average Bonchev–Trinajstić information content (AvgIpc) is 2.91. The van der Waals surface area contributed by atoms with Crippen LogP contribution >= 0.6 is 0 Å². The van der Waals surface area contributed by atoms with Gasteiger partial charge in [0.1, 0.15) is 0 Å². The number of pyridine rings is 1. The zero-order valence-electron chi connectivity index (χ0n) is 22.4. The van der Waals surface area contributed by atoms with E-state index in [2.05, 4.69) is 117 Å². The van der Waals surface area contributed by atoms with Gasteiger partial charge in [-0.15, -0.1) is 0 Å². The molecule has 2 aliphatic heterocycles. The minimum Gasteiger partial charge on any atom is -0.382 e. The summed E-state index contributed by atoms with van der Waals surface area (Å²) >= 11 is 0. The number of rotatable bonds is 3. The maximum absolute atomic E-state index is 5.33. The van der Waals surface area contributed by atoms with Crippen LogP contribution in [-0.2, 0) is 12.8 Å². The van der Waals surface area contributed by atoms with Crippen LogP contribution in [0, 0.1) is 0 Å². The second-order valence-electron chi connectivity index (χ2n) is 11.2. The Balaban J connectivity index is 1.50. The van der Waals surface area contributed by atoms with Crippen LogP contribution in [0.3, 0.4) is 0 Å². The summed E-state index contributed by atoms with van der Waals surface area (Å²) in [5.41, 5.74) is 12.7. The number of hydrogen-bond acceptors (Lipinski definition) is 3. The van der Waals surface area contributed by atoms with Gasteiger partial charge < -0.3 is 10.6 Å². The highest BCUT2D eigenvalue weighted by atomic mass is 15.0. The lowest BCUT2D eigenvalue weighted by molar-refractivity contribution is 0.681. The second kappa shape index (κ2) is 9.70. The van der Waals surface area contributed by atoms with Crippen molar-refractivity contribution >= 4 is 11.4 Å². The zero-order valence-corrected chi connectivity index (χ0v) is 22.4. The Morgan fingerprint density at radius 1 is 0.757 bits per heavy atom. The minimum atomic E-state index is -0.0197. The van der Waals surface area contributed by atoms with E-state index in [1.165, 1.54) is 51.2 Å². The number of aryl methyl sites for hydroxylation is 1. The molecule has 37 heavy (non-hydrogen) atoms. The van der Waals surface area contributed by atoms with Crippen molar-refractivity contribution in [2.75, 3.05) is 10.6 Å². The molecule has 4 aromatic rings. The quantitative estimate of drug-likeness (QED) is 0.304. The SMILES string of the molecule is CC1CCc2cccc(-c3cccc(C4Nc5c(C(C)C)cccc5[C@H](C)Cc5ccccc54)n3)c2N1. The fourth-order valence-corrected chi connectivity index (χ4v) is 6.19. The molecule has 0 spiro atoms. The summed E-state index contributed by atoms with van der Waals surface area (Å²) in [6.07, 6.45) is 3.31. The van der Waals surface area contributed by atoms with Crippen LogP contribution in [0.25, 0.3) is 11.3 Å². The van der Waals surface area contributed by atoms with Crippen molar-refractivity contribution in [2.24, 2.45) is 0 Å². The molecule has 3 heterocycles. The molecule has 0 radical (unpaired) electrons. The van der Waals surface area contributed by atoms with E-state index < -0.39 is 0 Å². The van der Waals surface area contributed by atoms with Crippen molar-refractivity contribution in [2.45, 2.75) is 70.9 Å². The number of para-hydroxylation sites is 2. The van der Waals surface area contributed by atoms with Crippen LogP contribution in [0.4, 0.5) is 11.4 Å². The van der Waals surface area contributed by atoms with Crippen LogP contribution in [-0.4, -0.2) is 11.0 Å². The summed E-state index contributed by atoms with van der Waals surface area (Å²) in [4.78, 5) is 5.33. The predicted molar refractivity (Wildman–Crippen MR) is 156 cm³/mol. The molecular formula is C34H37N3. The van der Waals surface area contributed by atoms with Gasteiger partial charge in [-0.3, -0.25) is 4.98 Å². The summed E-state index contributed by atoms with van der Waals surface area (Å²) in [5.74, 6) is 0.875. The van der Waals surface area contributed by atoms with E-state index in [4.69, 9.17) is 4.98 Å². The van der Waals surface area contributed by atoms with Gasteiger partial charge in [0, 0.05) is 23.0 Å². The maximum atomic E-state index is 5.33. The van der Waals surface area contributed by atoms with Gasteiger partial charge in [0.2, 0.25) is 0 Å². The highest BCUT2D eigenvalue weighted by Crippen LogP contribution is 2.42. The third-order valence-corrected chi connectivity index (χ3v) is 8.19. The second-order valence-corrected chi connectivity index (χ2v) is 11.2. The summed E-state index contributed by atoms with van der Waals surface area (Å²) < 4.78 is 0. The molecule has 1 aromatic heterocycles. The molecule has 3 heteroatoms. The van der Waals surface area contributed by atoms with Gasteiger partial charge in [-0.05, 0) is 78.0 Å². The van der Waals surface area contributed by atoms with Gasteiger partial charge in [-0.2, -0.15) is 0 Å². The van der Waals surface area contributed by atoms with Crippen LogP contribution in [0.2, 0.25) is 0 Å². The largest absolute Gasteiger partial charge is 0.382 e. The third-order valence-electron chi connectivity index (χ3n) is 8.19. The van der Waals surface area contributed by atoms with Crippen molar-refractivity contribution in [3.8, 4) is 11.3 Å². The van der Waals surface area contributed by atoms with E-state index in [1.807, 2.05) is 0 Å². The number of nitrogens with zero attached hydrogens (tertiary/aromatic N) is 1. The van der Waals surface area contributed by atoms with E-state index in [0.717, 1.165) is 24.2 Å². The van der Waals surface area contributed by atoms with Gasteiger partial charge in [0.05, 0.1) is 17.4 Å². The lowest BCUT2D eigenvalue weighted by atomic mass is 9.83. The van der Waals surface area contributed by atoms with Crippen LogP contribution in [0.1, 0.15) is 85.5 Å². The minimum absolute atomic E-state index is 0.0197. The summed E-state index contributed by atoms with van der Waals surface area (Å²) in [6, 6.07) is 29.3. The first-order valence-corrected chi connectivity index (χ1v) is 13.8. The lowest BCUT2D eigenvalue weighted by Gasteiger charge is -2.32. The van der Waals surface area contributed by atoms with E-state index in [9.17, 15) is 0 Å². The molecule has 0 saturated heterocycles. The molecule has 0 aliphatic carbocycles. The topological polar surface area (TPSA) is 37.0 Å². The van der Waals surface area contributed by atoms with E-state index in [-0.39, 0.29) is 6.04 Å². The molecule has 6 rings (SSSR count). The molecule has 0 bridgehead atoms. The Hall–Kier alpha value is -3.59. The summed E-state index contributed by atoms with van der Waals surface area (Å²) in [5, 5.41) is 7.76. The molecule has 3 nitrogen and oxygen atoms in total. The van der Waals surface area contributed by atoms with Gasteiger partial charge >= 0.3 is 0 Å².